The fraction of sp³-hybridized carbons (Fsp3) is 0.125. The smallest absolute Gasteiger partial charge is 0.397 e. The van der Waals surface area contributed by atoms with E-state index in [1.54, 1.807) is 6.92 Å². The zero-order chi connectivity index (χ0) is 25.5. The second-order valence-corrected chi connectivity index (χ2v) is 8.26. The van der Waals surface area contributed by atoms with Gasteiger partial charge < -0.3 is 19.9 Å². The van der Waals surface area contributed by atoms with E-state index in [0.29, 0.717) is 0 Å². The molecular formula is C24H19Cl3N2O6. The van der Waals surface area contributed by atoms with Crippen molar-refractivity contribution in [3.8, 4) is 17.2 Å². The first-order valence-electron chi connectivity index (χ1n) is 10.2. The number of esters is 1. The molecule has 2 N–H and O–H groups in total. The second-order valence-electron chi connectivity index (χ2n) is 7.04. The van der Waals surface area contributed by atoms with Crippen molar-refractivity contribution >= 4 is 58.4 Å². The Kier molecular flexibility index (Phi) is 8.81. The number of aromatic hydroxyl groups is 1. The molecule has 0 spiro atoms. The van der Waals surface area contributed by atoms with Gasteiger partial charge in [0, 0.05) is 17.5 Å². The third-order valence-corrected chi connectivity index (χ3v) is 5.35. The first kappa shape index (κ1) is 26.2. The minimum absolute atomic E-state index is 0.0145. The number of nitrogens with one attached hydrogen (secondary N) is 1. The zero-order valence-corrected chi connectivity index (χ0v) is 20.5. The summed E-state index contributed by atoms with van der Waals surface area (Å²) in [6.45, 7) is 1.73. The molecule has 0 heterocycles. The molecule has 182 valence electrons. The molecule has 0 bridgehead atoms. The number of phenolic OH excluding ortho intramolecular Hbond substituents is 1. The van der Waals surface area contributed by atoms with Crippen LogP contribution >= 0.6 is 35.0 Å². The first-order valence-corrected chi connectivity index (χ1v) is 11.3. The molecule has 3 aromatic carbocycles. The highest BCUT2D eigenvalue weighted by Gasteiger charge is 2.21. The Bertz CT molecular complexity index is 1230. The van der Waals surface area contributed by atoms with Crippen LogP contribution in [0.3, 0.4) is 0 Å². The lowest BCUT2D eigenvalue weighted by Crippen LogP contribution is -2.24. The van der Waals surface area contributed by atoms with E-state index in [1.165, 1.54) is 30.3 Å². The third-order valence-electron chi connectivity index (χ3n) is 4.52. The molecule has 2 amide bonds. The Hall–Kier alpha value is -3.46. The Morgan fingerprint density at radius 1 is 1.00 bits per heavy atom. The van der Waals surface area contributed by atoms with Gasteiger partial charge in [-0.2, -0.15) is 0 Å². The van der Waals surface area contributed by atoms with Crippen LogP contribution in [0.5, 0.6) is 17.2 Å². The van der Waals surface area contributed by atoms with Crippen molar-refractivity contribution in [2.75, 3.05) is 11.9 Å². The number of hydrogen-bond donors (Lipinski definition) is 2. The summed E-state index contributed by atoms with van der Waals surface area (Å²) in [4.78, 5) is 36.1. The molecule has 3 aromatic rings. The van der Waals surface area contributed by atoms with Crippen LogP contribution in [0.4, 0.5) is 5.69 Å². The van der Waals surface area contributed by atoms with Gasteiger partial charge in [-0.05, 0) is 42.8 Å². The van der Waals surface area contributed by atoms with Gasteiger partial charge in [-0.15, -0.1) is 0 Å². The van der Waals surface area contributed by atoms with Crippen LogP contribution in [0.1, 0.15) is 22.8 Å². The predicted molar refractivity (Wildman–Crippen MR) is 132 cm³/mol. The third kappa shape index (κ3) is 6.79. The van der Waals surface area contributed by atoms with E-state index in [0.717, 1.165) is 9.98 Å². The highest BCUT2D eigenvalue weighted by atomic mass is 35.5. The maximum Gasteiger partial charge on any atom is 0.397 e. The van der Waals surface area contributed by atoms with Gasteiger partial charge in [0.15, 0.2) is 5.75 Å². The van der Waals surface area contributed by atoms with Gasteiger partial charge in [-0.25, -0.2) is 9.21 Å². The summed E-state index contributed by atoms with van der Waals surface area (Å²) in [5.41, 5.74) is 0.848. The number of carbonyl (C=O) groups excluding carboxylic acids is 3. The summed E-state index contributed by atoms with van der Waals surface area (Å²) in [6.07, 6.45) is 0. The van der Waals surface area contributed by atoms with Gasteiger partial charge in [0.05, 0.1) is 28.8 Å². The van der Waals surface area contributed by atoms with Gasteiger partial charge in [0.2, 0.25) is 0 Å². The van der Waals surface area contributed by atoms with E-state index in [4.69, 9.17) is 39.7 Å². The monoisotopic (exact) mass is 536 g/mol. The predicted octanol–water partition coefficient (Wildman–Crippen LogP) is 5.79. The lowest BCUT2D eigenvalue weighted by atomic mass is 10.1. The molecule has 0 aromatic heterocycles. The highest BCUT2D eigenvalue weighted by Crippen LogP contribution is 2.39. The van der Waals surface area contributed by atoms with Crippen LogP contribution in [-0.2, 0) is 20.9 Å². The van der Waals surface area contributed by atoms with E-state index < -0.39 is 17.8 Å². The summed E-state index contributed by atoms with van der Waals surface area (Å²) in [7, 11) is 0. The molecule has 0 fully saturated rings. The average Bonchev–Trinajstić information content (AvgIpc) is 2.82. The van der Waals surface area contributed by atoms with Gasteiger partial charge in [-0.3, -0.25) is 9.59 Å². The number of ether oxygens (including phenoxy) is 2. The normalized spacial score (nSPS) is 10.4. The van der Waals surface area contributed by atoms with Gasteiger partial charge in [0.25, 0.3) is 5.91 Å². The number of amides is 2. The van der Waals surface area contributed by atoms with E-state index in [2.05, 4.69) is 10.1 Å². The SMILES string of the molecule is CCOC(=O)C(=O)Nc1cc(Cl)c(Oc2ccc(O)c(C(=O)N(Cl)Cc3ccccc3)c2)c(Cl)c1. The van der Waals surface area contributed by atoms with Crippen molar-refractivity contribution in [3.05, 3.63) is 81.8 Å². The molecule has 11 heteroatoms. The number of hydrogen-bond acceptors (Lipinski definition) is 6. The van der Waals surface area contributed by atoms with Crippen LogP contribution < -0.4 is 10.1 Å². The summed E-state index contributed by atoms with van der Waals surface area (Å²) in [5, 5.41) is 12.6. The number of rotatable bonds is 7. The van der Waals surface area contributed by atoms with Crippen LogP contribution in [0.25, 0.3) is 0 Å². The van der Waals surface area contributed by atoms with E-state index in [9.17, 15) is 19.5 Å². The lowest BCUT2D eigenvalue weighted by Gasteiger charge is -2.16. The molecule has 0 saturated carbocycles. The second kappa shape index (κ2) is 11.8. The lowest BCUT2D eigenvalue weighted by molar-refractivity contribution is -0.152. The van der Waals surface area contributed by atoms with Crippen LogP contribution in [0.2, 0.25) is 10.0 Å². The van der Waals surface area contributed by atoms with Crippen molar-refractivity contribution in [2.45, 2.75) is 13.5 Å². The molecule has 0 saturated heterocycles. The number of anilines is 1. The topological polar surface area (TPSA) is 105 Å². The number of phenols is 1. The maximum atomic E-state index is 12.8. The quantitative estimate of drug-likeness (QED) is 0.225. The summed E-state index contributed by atoms with van der Waals surface area (Å²) in [6, 6.07) is 15.7. The number of halogens is 3. The van der Waals surface area contributed by atoms with Crippen molar-refractivity contribution in [1.82, 2.24) is 4.42 Å². The number of carbonyl (C=O) groups is 3. The number of nitrogens with zero attached hydrogens (tertiary/aromatic N) is 1. The Morgan fingerprint density at radius 3 is 2.29 bits per heavy atom. The van der Waals surface area contributed by atoms with Crippen LogP contribution in [0.15, 0.2) is 60.7 Å². The molecule has 3 rings (SSSR count). The fourth-order valence-electron chi connectivity index (χ4n) is 2.92. The fourth-order valence-corrected chi connectivity index (χ4v) is 3.72. The van der Waals surface area contributed by atoms with Crippen molar-refractivity contribution in [3.63, 3.8) is 0 Å². The van der Waals surface area contributed by atoms with Gasteiger partial charge in [0.1, 0.15) is 11.5 Å². The first-order chi connectivity index (χ1) is 16.7. The maximum absolute atomic E-state index is 12.8. The molecule has 0 aliphatic rings. The van der Waals surface area contributed by atoms with Gasteiger partial charge >= 0.3 is 11.9 Å². The Morgan fingerprint density at radius 2 is 1.66 bits per heavy atom. The molecular weight excluding hydrogens is 519 g/mol. The molecule has 0 radical (unpaired) electrons. The molecule has 0 unspecified atom stereocenters. The summed E-state index contributed by atoms with van der Waals surface area (Å²) >= 11 is 18.7. The summed E-state index contributed by atoms with van der Waals surface area (Å²) in [5.74, 6) is -2.82. The molecule has 0 aliphatic heterocycles. The minimum Gasteiger partial charge on any atom is -0.507 e. The number of benzene rings is 3. The Balaban J connectivity index is 1.78. The standard InChI is InChI=1S/C24H19Cl3N2O6/c1-2-34-24(33)22(31)28-15-10-18(25)21(19(26)11-15)35-16-8-9-20(30)17(12-16)23(32)29(27)13-14-6-4-3-5-7-14/h3-12,30H,2,13H2,1H3,(H,28,31). The Labute approximate surface area is 216 Å². The van der Waals surface area contributed by atoms with Crippen LogP contribution in [0, 0.1) is 0 Å². The van der Waals surface area contributed by atoms with E-state index >= 15 is 0 Å². The van der Waals surface area contributed by atoms with Crippen molar-refractivity contribution in [2.24, 2.45) is 0 Å². The molecule has 35 heavy (non-hydrogen) atoms. The summed E-state index contributed by atoms with van der Waals surface area (Å²) < 4.78 is 11.3. The van der Waals surface area contributed by atoms with Crippen molar-refractivity contribution < 1.29 is 29.0 Å². The average molecular weight is 538 g/mol. The molecule has 8 nitrogen and oxygen atoms in total. The molecule has 0 atom stereocenters. The molecule has 0 aliphatic carbocycles. The van der Waals surface area contributed by atoms with Crippen molar-refractivity contribution in [1.29, 1.82) is 0 Å². The van der Waals surface area contributed by atoms with E-state index in [-0.39, 0.29) is 51.7 Å². The minimum atomic E-state index is -1.05. The zero-order valence-electron chi connectivity index (χ0n) is 18.3. The van der Waals surface area contributed by atoms with Crippen LogP contribution in [-0.4, -0.2) is 33.9 Å². The van der Waals surface area contributed by atoms with Gasteiger partial charge in [-0.1, -0.05) is 53.5 Å². The largest absolute Gasteiger partial charge is 0.507 e. The van der Waals surface area contributed by atoms with E-state index in [1.807, 2.05) is 30.3 Å². The highest BCUT2D eigenvalue weighted by molar-refractivity contribution is 6.39.